The Morgan fingerprint density at radius 2 is 1.74 bits per heavy atom. The minimum absolute atomic E-state index is 0.169. The predicted octanol–water partition coefficient (Wildman–Crippen LogP) is 2.28. The van der Waals surface area contributed by atoms with Crippen molar-refractivity contribution in [3.05, 3.63) is 76.8 Å². The lowest BCUT2D eigenvalue weighted by Crippen LogP contribution is -2.16. The molecule has 3 rings (SSSR count). The minimum atomic E-state index is -0.169. The average molecular weight is 249 g/mol. The Morgan fingerprint density at radius 3 is 2.58 bits per heavy atom. The molecule has 0 radical (unpaired) electrons. The molecule has 4 nitrogen and oxygen atoms in total. The first-order chi connectivity index (χ1) is 9.34. The lowest BCUT2D eigenvalue weighted by atomic mass is 10.2. The van der Waals surface area contributed by atoms with Gasteiger partial charge in [-0.3, -0.25) is 4.79 Å². The number of nitrogens with zero attached hydrogens (tertiary/aromatic N) is 3. The van der Waals surface area contributed by atoms with Crippen LogP contribution in [0, 0.1) is 0 Å². The van der Waals surface area contributed by atoms with Crippen LogP contribution in [-0.4, -0.2) is 15.9 Å². The minimum Gasteiger partial charge on any atom is -0.267 e. The van der Waals surface area contributed by atoms with Gasteiger partial charge in [0.2, 0.25) is 0 Å². The molecule has 92 valence electrons. The topological polar surface area (TPSA) is 47.2 Å². The molecule has 0 unspecified atom stereocenters. The number of hydrogen-bond donors (Lipinski definition) is 0. The Labute approximate surface area is 109 Å². The Bertz CT molecular complexity index is 791. The van der Waals surface area contributed by atoms with Crippen LogP contribution < -0.4 is 5.56 Å². The zero-order chi connectivity index (χ0) is 13.1. The Morgan fingerprint density at radius 1 is 1.00 bits per heavy atom. The van der Waals surface area contributed by atoms with Crippen molar-refractivity contribution in [3.8, 4) is 0 Å². The van der Waals surface area contributed by atoms with Gasteiger partial charge in [-0.15, -0.1) is 0 Å². The maximum absolute atomic E-state index is 12.2. The molecule has 19 heavy (non-hydrogen) atoms. The van der Waals surface area contributed by atoms with Gasteiger partial charge in [-0.2, -0.15) is 9.78 Å². The molecule has 1 aromatic heterocycles. The lowest BCUT2D eigenvalue weighted by molar-refractivity contribution is 0.817. The van der Waals surface area contributed by atoms with Gasteiger partial charge in [0, 0.05) is 0 Å². The lowest BCUT2D eigenvalue weighted by Gasteiger charge is -2.00. The second kappa shape index (κ2) is 4.86. The van der Waals surface area contributed by atoms with Crippen LogP contribution in [-0.2, 0) is 0 Å². The summed E-state index contributed by atoms with van der Waals surface area (Å²) in [5, 5.41) is 4.71. The number of aromatic nitrogens is 2. The molecule has 0 spiro atoms. The Kier molecular flexibility index (Phi) is 2.90. The highest BCUT2D eigenvalue weighted by atomic mass is 16.1. The van der Waals surface area contributed by atoms with Gasteiger partial charge in [0.15, 0.2) is 0 Å². The maximum Gasteiger partial charge on any atom is 0.281 e. The second-order valence-corrected chi connectivity index (χ2v) is 4.07. The molecule has 0 N–H and O–H groups in total. The molecule has 1 heterocycles. The van der Waals surface area contributed by atoms with E-state index in [4.69, 9.17) is 0 Å². The van der Waals surface area contributed by atoms with Gasteiger partial charge < -0.3 is 0 Å². The van der Waals surface area contributed by atoms with Crippen molar-refractivity contribution in [2.75, 3.05) is 0 Å². The van der Waals surface area contributed by atoms with Crippen LogP contribution in [0.1, 0.15) is 5.56 Å². The molecule has 0 bridgehead atoms. The van der Waals surface area contributed by atoms with Crippen LogP contribution in [0.3, 0.4) is 0 Å². The van der Waals surface area contributed by atoms with E-state index in [0.29, 0.717) is 10.9 Å². The number of para-hydroxylation sites is 1. The summed E-state index contributed by atoms with van der Waals surface area (Å²) in [5.74, 6) is 0. The molecule has 0 fully saturated rings. The highest BCUT2D eigenvalue weighted by Crippen LogP contribution is 2.04. The van der Waals surface area contributed by atoms with E-state index in [1.165, 1.54) is 11.0 Å². The van der Waals surface area contributed by atoms with Crippen molar-refractivity contribution < 1.29 is 0 Å². The number of rotatable bonds is 2. The van der Waals surface area contributed by atoms with Crippen molar-refractivity contribution in [2.45, 2.75) is 0 Å². The highest BCUT2D eigenvalue weighted by Gasteiger charge is 2.01. The van der Waals surface area contributed by atoms with Crippen LogP contribution in [0.5, 0.6) is 0 Å². The van der Waals surface area contributed by atoms with Gasteiger partial charge >= 0.3 is 0 Å². The van der Waals surface area contributed by atoms with Crippen LogP contribution >= 0.6 is 0 Å². The first-order valence-electron chi connectivity index (χ1n) is 5.90. The fourth-order valence-corrected chi connectivity index (χ4v) is 1.81. The van der Waals surface area contributed by atoms with Crippen molar-refractivity contribution >= 4 is 17.1 Å². The molecule has 0 aliphatic heterocycles. The second-order valence-electron chi connectivity index (χ2n) is 4.07. The standard InChI is InChI=1S/C15H11N3O/c19-15-13-8-4-5-9-14(13)16-11-18(15)17-10-12-6-2-1-3-7-12/h1-11H/b17-10-. The third-order valence-corrected chi connectivity index (χ3v) is 2.78. The largest absolute Gasteiger partial charge is 0.281 e. The molecular formula is C15H11N3O. The zero-order valence-corrected chi connectivity index (χ0v) is 10.1. The monoisotopic (exact) mass is 249 g/mol. The number of benzene rings is 2. The zero-order valence-electron chi connectivity index (χ0n) is 10.1. The SMILES string of the molecule is O=c1c2ccccc2ncn1/N=C\c1ccccc1. The van der Waals surface area contributed by atoms with Gasteiger partial charge in [0.25, 0.3) is 5.56 Å². The first-order valence-corrected chi connectivity index (χ1v) is 5.90. The van der Waals surface area contributed by atoms with E-state index in [0.717, 1.165) is 5.56 Å². The third kappa shape index (κ3) is 2.28. The number of hydrogen-bond acceptors (Lipinski definition) is 3. The van der Waals surface area contributed by atoms with E-state index in [1.54, 1.807) is 12.3 Å². The normalized spacial score (nSPS) is 11.2. The van der Waals surface area contributed by atoms with E-state index in [2.05, 4.69) is 10.1 Å². The fourth-order valence-electron chi connectivity index (χ4n) is 1.81. The summed E-state index contributed by atoms with van der Waals surface area (Å²) >= 11 is 0. The molecule has 3 aromatic rings. The van der Waals surface area contributed by atoms with E-state index in [1.807, 2.05) is 48.5 Å². The third-order valence-electron chi connectivity index (χ3n) is 2.78. The quantitative estimate of drug-likeness (QED) is 0.654. The summed E-state index contributed by atoms with van der Waals surface area (Å²) in [6.07, 6.45) is 3.07. The molecular weight excluding hydrogens is 238 g/mol. The fraction of sp³-hybridized carbons (Fsp3) is 0. The van der Waals surface area contributed by atoms with E-state index < -0.39 is 0 Å². The van der Waals surface area contributed by atoms with E-state index in [9.17, 15) is 4.79 Å². The summed E-state index contributed by atoms with van der Waals surface area (Å²) in [6, 6.07) is 16.8. The van der Waals surface area contributed by atoms with Gasteiger partial charge in [-0.25, -0.2) is 4.98 Å². The van der Waals surface area contributed by atoms with Crippen molar-refractivity contribution in [2.24, 2.45) is 5.10 Å². The van der Waals surface area contributed by atoms with Crippen LogP contribution in [0.4, 0.5) is 0 Å². The highest BCUT2D eigenvalue weighted by molar-refractivity contribution is 5.80. The van der Waals surface area contributed by atoms with E-state index in [-0.39, 0.29) is 5.56 Å². The van der Waals surface area contributed by atoms with Gasteiger partial charge in [-0.1, -0.05) is 42.5 Å². The van der Waals surface area contributed by atoms with Crippen LogP contribution in [0.25, 0.3) is 10.9 Å². The Hall–Kier alpha value is -2.75. The molecule has 0 amide bonds. The van der Waals surface area contributed by atoms with Gasteiger partial charge in [-0.05, 0) is 17.7 Å². The molecule has 0 atom stereocenters. The van der Waals surface area contributed by atoms with Crippen molar-refractivity contribution in [1.82, 2.24) is 9.66 Å². The van der Waals surface area contributed by atoms with Crippen LogP contribution in [0.2, 0.25) is 0 Å². The van der Waals surface area contributed by atoms with Crippen molar-refractivity contribution in [1.29, 1.82) is 0 Å². The summed E-state index contributed by atoms with van der Waals surface area (Å²) in [6.45, 7) is 0. The summed E-state index contributed by atoms with van der Waals surface area (Å²) < 4.78 is 1.25. The molecule has 2 aromatic carbocycles. The molecule has 4 heteroatoms. The van der Waals surface area contributed by atoms with Crippen molar-refractivity contribution in [3.63, 3.8) is 0 Å². The molecule has 0 aliphatic carbocycles. The predicted molar refractivity (Wildman–Crippen MR) is 75.4 cm³/mol. The summed E-state index contributed by atoms with van der Waals surface area (Å²) in [4.78, 5) is 16.4. The van der Waals surface area contributed by atoms with E-state index >= 15 is 0 Å². The van der Waals surface area contributed by atoms with Gasteiger partial charge in [0.1, 0.15) is 6.33 Å². The average Bonchev–Trinajstić information content (AvgIpc) is 2.48. The summed E-state index contributed by atoms with van der Waals surface area (Å²) in [7, 11) is 0. The van der Waals surface area contributed by atoms with Gasteiger partial charge in [0.05, 0.1) is 17.1 Å². The Balaban J connectivity index is 2.05. The molecule has 0 saturated carbocycles. The molecule has 0 saturated heterocycles. The summed E-state index contributed by atoms with van der Waals surface area (Å²) in [5.41, 5.74) is 1.44. The smallest absolute Gasteiger partial charge is 0.267 e. The first kappa shape index (κ1) is 11.3. The molecule has 0 aliphatic rings. The van der Waals surface area contributed by atoms with Crippen LogP contribution in [0.15, 0.2) is 70.8 Å². The number of fused-ring (bicyclic) bond motifs is 1. The maximum atomic E-state index is 12.2.